The monoisotopic (exact) mass is 289 g/mol. The Morgan fingerprint density at radius 1 is 1.25 bits per heavy atom. The molecule has 0 atom stereocenters. The molecule has 0 saturated carbocycles. The Balaban J connectivity index is 3.75. The van der Waals surface area contributed by atoms with Gasteiger partial charge in [0.05, 0.1) is 17.8 Å². The molecule has 0 aromatic heterocycles. The summed E-state index contributed by atoms with van der Waals surface area (Å²) >= 11 is 0. The predicted octanol–water partition coefficient (Wildman–Crippen LogP) is 0.664. The largest absolute Gasteiger partial charge is 0.390 e. The van der Waals surface area contributed by atoms with Crippen LogP contribution in [-0.4, -0.2) is 54.9 Å². The highest BCUT2D eigenvalue weighted by molar-refractivity contribution is 5.77. The van der Waals surface area contributed by atoms with E-state index < -0.39 is 5.60 Å². The Labute approximate surface area is 120 Å². The third-order valence-electron chi connectivity index (χ3n) is 2.67. The summed E-state index contributed by atoms with van der Waals surface area (Å²) in [5.74, 6) is -0.251. The van der Waals surface area contributed by atoms with E-state index >= 15 is 0 Å². The molecule has 0 aliphatic carbocycles. The Hall–Kier alpha value is -0.980. The van der Waals surface area contributed by atoms with E-state index in [1.54, 1.807) is 13.8 Å². The minimum absolute atomic E-state index is 0.0705. The molecule has 0 saturated heterocycles. The molecule has 6 heteroatoms. The fraction of sp³-hybridized carbons (Fsp3) is 0.857. The van der Waals surface area contributed by atoms with Crippen molar-refractivity contribution in [2.75, 3.05) is 26.4 Å². The molecule has 0 fully saturated rings. The van der Waals surface area contributed by atoms with Crippen molar-refractivity contribution in [1.29, 1.82) is 0 Å². The van der Waals surface area contributed by atoms with E-state index in [1.807, 2.05) is 13.8 Å². The van der Waals surface area contributed by atoms with Crippen molar-refractivity contribution < 1.29 is 24.2 Å². The van der Waals surface area contributed by atoms with Crippen LogP contribution in [0.15, 0.2) is 0 Å². The first-order valence-corrected chi connectivity index (χ1v) is 6.81. The summed E-state index contributed by atoms with van der Waals surface area (Å²) in [5.41, 5.74) is -1.11. The molecule has 0 unspecified atom stereocenters. The molecule has 0 spiro atoms. The molecule has 1 amide bonds. The minimum atomic E-state index is -0.736. The maximum absolute atomic E-state index is 11.3. The summed E-state index contributed by atoms with van der Waals surface area (Å²) in [6, 6.07) is 0. The maximum Gasteiger partial charge on any atom is 0.246 e. The topological polar surface area (TPSA) is 84.9 Å². The Morgan fingerprint density at radius 2 is 1.90 bits per heavy atom. The van der Waals surface area contributed by atoms with Gasteiger partial charge in [-0.25, -0.2) is 0 Å². The second-order valence-corrected chi connectivity index (χ2v) is 5.95. The predicted molar refractivity (Wildman–Crippen MR) is 75.5 cm³/mol. The van der Waals surface area contributed by atoms with E-state index in [-0.39, 0.29) is 24.7 Å². The SMILES string of the molecule is CC(C)(O)CCOC(C)(C)CCNC(=O)COCC=O. The minimum Gasteiger partial charge on any atom is -0.390 e. The van der Waals surface area contributed by atoms with Gasteiger partial charge in [0, 0.05) is 6.54 Å². The van der Waals surface area contributed by atoms with Crippen LogP contribution >= 0.6 is 0 Å². The first-order valence-electron chi connectivity index (χ1n) is 6.81. The van der Waals surface area contributed by atoms with Crippen LogP contribution in [0.2, 0.25) is 0 Å². The second kappa shape index (κ2) is 9.05. The highest BCUT2D eigenvalue weighted by Gasteiger charge is 2.20. The highest BCUT2D eigenvalue weighted by Crippen LogP contribution is 2.16. The van der Waals surface area contributed by atoms with Crippen molar-refractivity contribution in [2.24, 2.45) is 0 Å². The van der Waals surface area contributed by atoms with Crippen molar-refractivity contribution in [2.45, 2.75) is 51.7 Å². The van der Waals surface area contributed by atoms with Gasteiger partial charge in [-0.05, 0) is 40.5 Å². The molecule has 0 aromatic rings. The quantitative estimate of drug-likeness (QED) is 0.431. The van der Waals surface area contributed by atoms with E-state index in [1.165, 1.54) is 0 Å². The maximum atomic E-state index is 11.3. The lowest BCUT2D eigenvalue weighted by atomic mass is 10.0. The smallest absolute Gasteiger partial charge is 0.246 e. The van der Waals surface area contributed by atoms with E-state index in [0.29, 0.717) is 32.3 Å². The number of carbonyl (C=O) groups excluding carboxylic acids is 2. The first kappa shape index (κ1) is 19.0. The Bertz CT molecular complexity index is 296. The number of nitrogens with one attached hydrogen (secondary N) is 1. The summed E-state index contributed by atoms with van der Waals surface area (Å²) in [4.78, 5) is 21.3. The summed E-state index contributed by atoms with van der Waals surface area (Å²) in [6.07, 6.45) is 1.81. The van der Waals surface area contributed by atoms with E-state index in [0.717, 1.165) is 0 Å². The van der Waals surface area contributed by atoms with Gasteiger partial charge in [0.25, 0.3) is 0 Å². The zero-order valence-corrected chi connectivity index (χ0v) is 12.9. The molecule has 0 bridgehead atoms. The summed E-state index contributed by atoms with van der Waals surface area (Å²) < 4.78 is 10.5. The number of rotatable bonds is 11. The van der Waals surface area contributed by atoms with Crippen LogP contribution in [0, 0.1) is 0 Å². The molecule has 0 aliphatic rings. The van der Waals surface area contributed by atoms with Crippen LogP contribution in [0.5, 0.6) is 0 Å². The fourth-order valence-corrected chi connectivity index (χ4v) is 1.40. The first-order chi connectivity index (χ1) is 9.16. The van der Waals surface area contributed by atoms with Gasteiger partial charge >= 0.3 is 0 Å². The number of hydrogen-bond acceptors (Lipinski definition) is 5. The molecule has 118 valence electrons. The molecule has 2 N–H and O–H groups in total. The standard InChI is InChI=1S/C14H27NO5/c1-13(2,18)6-9-20-14(3,4)5-7-15-12(17)11-19-10-8-16/h8,18H,5-7,9-11H2,1-4H3,(H,15,17). The van der Waals surface area contributed by atoms with E-state index in [2.05, 4.69) is 5.32 Å². The number of carbonyl (C=O) groups is 2. The van der Waals surface area contributed by atoms with Gasteiger partial charge in [0.2, 0.25) is 5.91 Å². The van der Waals surface area contributed by atoms with Gasteiger partial charge in [-0.1, -0.05) is 0 Å². The highest BCUT2D eigenvalue weighted by atomic mass is 16.5. The Kier molecular flexibility index (Phi) is 8.60. The van der Waals surface area contributed by atoms with Crippen LogP contribution in [0.25, 0.3) is 0 Å². The van der Waals surface area contributed by atoms with Gasteiger partial charge in [-0.3, -0.25) is 4.79 Å². The summed E-state index contributed by atoms with van der Waals surface area (Å²) in [7, 11) is 0. The van der Waals surface area contributed by atoms with Gasteiger partial charge in [0.15, 0.2) is 0 Å². The molecule has 0 heterocycles. The van der Waals surface area contributed by atoms with Crippen LogP contribution in [0.4, 0.5) is 0 Å². The van der Waals surface area contributed by atoms with Crippen LogP contribution in [0.3, 0.4) is 0 Å². The van der Waals surface area contributed by atoms with Crippen molar-refractivity contribution >= 4 is 12.2 Å². The van der Waals surface area contributed by atoms with Crippen LogP contribution < -0.4 is 5.32 Å². The van der Waals surface area contributed by atoms with Crippen molar-refractivity contribution in [3.8, 4) is 0 Å². The fourth-order valence-electron chi connectivity index (χ4n) is 1.40. The number of aliphatic hydroxyl groups is 1. The third-order valence-corrected chi connectivity index (χ3v) is 2.67. The lowest BCUT2D eigenvalue weighted by molar-refractivity contribution is -0.127. The average molecular weight is 289 g/mol. The van der Waals surface area contributed by atoms with Gasteiger partial charge in [-0.15, -0.1) is 0 Å². The molecule has 0 aromatic carbocycles. The molecule has 20 heavy (non-hydrogen) atoms. The summed E-state index contributed by atoms with van der Waals surface area (Å²) in [5, 5.41) is 12.3. The molecule has 0 radical (unpaired) electrons. The lowest BCUT2D eigenvalue weighted by Crippen LogP contribution is -2.35. The molecule has 0 aliphatic heterocycles. The van der Waals surface area contributed by atoms with E-state index in [4.69, 9.17) is 9.47 Å². The normalized spacial score (nSPS) is 12.2. The molecule has 6 nitrogen and oxygen atoms in total. The summed E-state index contributed by atoms with van der Waals surface area (Å²) in [6.45, 7) is 8.11. The molecular formula is C14H27NO5. The van der Waals surface area contributed by atoms with Crippen molar-refractivity contribution in [3.63, 3.8) is 0 Å². The molecular weight excluding hydrogens is 262 g/mol. The van der Waals surface area contributed by atoms with Gasteiger partial charge in [-0.2, -0.15) is 0 Å². The van der Waals surface area contributed by atoms with Crippen molar-refractivity contribution in [3.05, 3.63) is 0 Å². The number of amides is 1. The van der Waals surface area contributed by atoms with Crippen LogP contribution in [0.1, 0.15) is 40.5 Å². The number of ether oxygens (including phenoxy) is 2. The number of aldehydes is 1. The van der Waals surface area contributed by atoms with Crippen molar-refractivity contribution in [1.82, 2.24) is 5.32 Å². The van der Waals surface area contributed by atoms with E-state index in [9.17, 15) is 14.7 Å². The third kappa shape index (κ3) is 12.1. The zero-order valence-electron chi connectivity index (χ0n) is 12.9. The number of hydrogen-bond donors (Lipinski definition) is 2. The molecule has 0 rings (SSSR count). The van der Waals surface area contributed by atoms with Crippen LogP contribution in [-0.2, 0) is 19.1 Å². The van der Waals surface area contributed by atoms with Gasteiger partial charge in [0.1, 0.15) is 19.5 Å². The Morgan fingerprint density at radius 3 is 2.45 bits per heavy atom. The van der Waals surface area contributed by atoms with Gasteiger partial charge < -0.3 is 24.7 Å². The second-order valence-electron chi connectivity index (χ2n) is 5.95. The lowest BCUT2D eigenvalue weighted by Gasteiger charge is -2.27. The average Bonchev–Trinajstić information content (AvgIpc) is 2.26. The zero-order chi connectivity index (χ0) is 15.6.